The number of amides is 1. The van der Waals surface area contributed by atoms with Crippen molar-refractivity contribution < 1.29 is 14.3 Å². The predicted molar refractivity (Wildman–Crippen MR) is 137 cm³/mol. The molecule has 3 aromatic carbocycles. The zero-order chi connectivity index (χ0) is 24.8. The van der Waals surface area contributed by atoms with E-state index >= 15 is 0 Å². The minimum Gasteiger partial charge on any atom is -0.493 e. The van der Waals surface area contributed by atoms with Gasteiger partial charge < -0.3 is 19.7 Å². The first kappa shape index (κ1) is 24.0. The molecule has 7 nitrogen and oxygen atoms in total. The predicted octanol–water partition coefficient (Wildman–Crippen LogP) is 4.55. The summed E-state index contributed by atoms with van der Waals surface area (Å²) < 4.78 is 12.5. The van der Waals surface area contributed by atoms with Crippen LogP contribution in [0, 0.1) is 0 Å². The Hall–Kier alpha value is -4.10. The third-order valence-corrected chi connectivity index (χ3v) is 5.61. The van der Waals surface area contributed by atoms with E-state index < -0.39 is 0 Å². The maximum absolute atomic E-state index is 13.3. The summed E-state index contributed by atoms with van der Waals surface area (Å²) in [6.45, 7) is 1.29. The molecular weight excluding hydrogens is 440 g/mol. The number of carbonyl (C=O) groups is 1. The number of hydrogen-bond donors (Lipinski definition) is 1. The van der Waals surface area contributed by atoms with Gasteiger partial charge in [-0.2, -0.15) is 5.10 Å². The molecule has 1 amide bonds. The molecule has 35 heavy (non-hydrogen) atoms. The fraction of sp³-hybridized carbons (Fsp3) is 0.214. The molecule has 0 aliphatic carbocycles. The van der Waals surface area contributed by atoms with E-state index in [1.807, 2.05) is 74.8 Å². The normalized spacial score (nSPS) is 10.9. The average molecular weight is 471 g/mol. The van der Waals surface area contributed by atoms with Gasteiger partial charge in [0.15, 0.2) is 11.5 Å². The minimum atomic E-state index is -0.200. The molecule has 4 rings (SSSR count). The number of aromatic nitrogens is 2. The van der Waals surface area contributed by atoms with Gasteiger partial charge in [-0.15, -0.1) is 0 Å². The highest BCUT2D eigenvalue weighted by Crippen LogP contribution is 2.33. The van der Waals surface area contributed by atoms with Crippen LogP contribution in [0.15, 0.2) is 79.0 Å². The van der Waals surface area contributed by atoms with Crippen molar-refractivity contribution in [3.8, 4) is 28.4 Å². The average Bonchev–Trinajstić information content (AvgIpc) is 3.33. The van der Waals surface area contributed by atoms with Gasteiger partial charge in [0.05, 0.1) is 25.5 Å². The Bertz CT molecular complexity index is 1280. The zero-order valence-corrected chi connectivity index (χ0v) is 20.5. The van der Waals surface area contributed by atoms with Crippen molar-refractivity contribution in [2.75, 3.05) is 28.3 Å². The lowest BCUT2D eigenvalue weighted by molar-refractivity contribution is 0.0951. The number of nitrogens with zero attached hydrogens (tertiary/aromatic N) is 3. The first-order valence-electron chi connectivity index (χ1n) is 11.4. The van der Waals surface area contributed by atoms with Gasteiger partial charge in [0.25, 0.3) is 5.91 Å². The standard InChI is InChI=1S/C28H30N4O3/c1-31(2)18-21-12-10-20(11-13-21)17-29-28(33)24-19-32(23-8-6-5-7-9-23)30-27(24)22-14-15-25(34-3)26(16-22)35-4/h5-16,19H,17-18H2,1-4H3,(H,29,33). The first-order chi connectivity index (χ1) is 17.0. The highest BCUT2D eigenvalue weighted by Gasteiger charge is 2.20. The second-order valence-corrected chi connectivity index (χ2v) is 8.48. The van der Waals surface area contributed by atoms with E-state index in [0.717, 1.165) is 23.4 Å². The van der Waals surface area contributed by atoms with E-state index in [9.17, 15) is 4.79 Å². The summed E-state index contributed by atoms with van der Waals surface area (Å²) in [5.74, 6) is 0.986. The number of nitrogens with one attached hydrogen (secondary N) is 1. The number of rotatable bonds is 9. The smallest absolute Gasteiger partial charge is 0.255 e. The quantitative estimate of drug-likeness (QED) is 0.389. The maximum Gasteiger partial charge on any atom is 0.255 e. The van der Waals surface area contributed by atoms with E-state index in [1.165, 1.54) is 5.56 Å². The maximum atomic E-state index is 13.3. The van der Waals surface area contributed by atoms with E-state index in [4.69, 9.17) is 14.6 Å². The Balaban J connectivity index is 1.62. The van der Waals surface area contributed by atoms with Gasteiger partial charge in [0, 0.05) is 24.8 Å². The molecule has 180 valence electrons. The summed E-state index contributed by atoms with van der Waals surface area (Å²) in [6.07, 6.45) is 1.76. The summed E-state index contributed by atoms with van der Waals surface area (Å²) in [6, 6.07) is 23.5. The molecule has 4 aromatic rings. The van der Waals surface area contributed by atoms with Crippen LogP contribution in [0.2, 0.25) is 0 Å². The van der Waals surface area contributed by atoms with Crippen molar-refractivity contribution in [1.29, 1.82) is 0 Å². The van der Waals surface area contributed by atoms with Gasteiger partial charge in [-0.1, -0.05) is 42.5 Å². The molecule has 0 spiro atoms. The molecular formula is C28H30N4O3. The monoisotopic (exact) mass is 470 g/mol. The summed E-state index contributed by atoms with van der Waals surface area (Å²) in [4.78, 5) is 15.4. The van der Waals surface area contributed by atoms with E-state index in [2.05, 4.69) is 22.3 Å². The molecule has 0 fully saturated rings. The number of carbonyl (C=O) groups excluding carboxylic acids is 1. The van der Waals surface area contributed by atoms with Crippen LogP contribution in [0.3, 0.4) is 0 Å². The number of hydrogen-bond acceptors (Lipinski definition) is 5. The van der Waals surface area contributed by atoms with Crippen molar-refractivity contribution in [2.24, 2.45) is 0 Å². The molecule has 0 unspecified atom stereocenters. The Morgan fingerprint density at radius 1 is 0.914 bits per heavy atom. The van der Waals surface area contributed by atoms with Gasteiger partial charge in [-0.3, -0.25) is 4.79 Å². The van der Waals surface area contributed by atoms with Gasteiger partial charge in [-0.05, 0) is 55.6 Å². The van der Waals surface area contributed by atoms with E-state index in [-0.39, 0.29) is 5.91 Å². The summed E-state index contributed by atoms with van der Waals surface area (Å²) >= 11 is 0. The number of ether oxygens (including phenoxy) is 2. The molecule has 0 aliphatic heterocycles. The zero-order valence-electron chi connectivity index (χ0n) is 20.5. The molecule has 1 heterocycles. The topological polar surface area (TPSA) is 68.6 Å². The third-order valence-electron chi connectivity index (χ3n) is 5.61. The van der Waals surface area contributed by atoms with Crippen LogP contribution in [0.1, 0.15) is 21.5 Å². The molecule has 7 heteroatoms. The van der Waals surface area contributed by atoms with Crippen molar-refractivity contribution >= 4 is 5.91 Å². The van der Waals surface area contributed by atoms with E-state index in [0.29, 0.717) is 29.3 Å². The van der Waals surface area contributed by atoms with Gasteiger partial charge in [0.2, 0.25) is 0 Å². The molecule has 0 saturated heterocycles. The van der Waals surface area contributed by atoms with Gasteiger partial charge >= 0.3 is 0 Å². The van der Waals surface area contributed by atoms with Crippen LogP contribution < -0.4 is 14.8 Å². The van der Waals surface area contributed by atoms with Crippen molar-refractivity contribution in [2.45, 2.75) is 13.1 Å². The first-order valence-corrected chi connectivity index (χ1v) is 11.4. The molecule has 0 bridgehead atoms. The molecule has 0 aliphatic rings. The summed E-state index contributed by atoms with van der Waals surface area (Å²) in [5, 5.41) is 7.79. The van der Waals surface area contributed by atoms with Crippen LogP contribution in [0.25, 0.3) is 16.9 Å². The Labute approximate surface area is 205 Å². The molecule has 0 atom stereocenters. The summed E-state index contributed by atoms with van der Waals surface area (Å²) in [7, 11) is 7.26. The second-order valence-electron chi connectivity index (χ2n) is 8.48. The number of methoxy groups -OCH3 is 2. The SMILES string of the molecule is COc1ccc(-c2nn(-c3ccccc3)cc2C(=O)NCc2ccc(CN(C)C)cc2)cc1OC. The second kappa shape index (κ2) is 10.9. The van der Waals surface area contributed by atoms with Crippen molar-refractivity contribution in [3.63, 3.8) is 0 Å². The van der Waals surface area contributed by atoms with Gasteiger partial charge in [0.1, 0.15) is 5.69 Å². The lowest BCUT2D eigenvalue weighted by atomic mass is 10.1. The lowest BCUT2D eigenvalue weighted by Gasteiger charge is -2.11. The highest BCUT2D eigenvalue weighted by molar-refractivity contribution is 6.00. The Morgan fingerprint density at radius 2 is 1.60 bits per heavy atom. The molecule has 0 radical (unpaired) electrons. The molecule has 1 aromatic heterocycles. The van der Waals surface area contributed by atoms with Crippen LogP contribution in [-0.2, 0) is 13.1 Å². The molecule has 0 saturated carbocycles. The fourth-order valence-electron chi connectivity index (χ4n) is 3.86. The lowest BCUT2D eigenvalue weighted by Crippen LogP contribution is -2.23. The van der Waals surface area contributed by atoms with Gasteiger partial charge in [-0.25, -0.2) is 4.68 Å². The van der Waals surface area contributed by atoms with Crippen LogP contribution >= 0.6 is 0 Å². The van der Waals surface area contributed by atoms with E-state index in [1.54, 1.807) is 25.1 Å². The largest absolute Gasteiger partial charge is 0.493 e. The van der Waals surface area contributed by atoms with Crippen LogP contribution in [0.4, 0.5) is 0 Å². The minimum absolute atomic E-state index is 0.200. The van der Waals surface area contributed by atoms with Crippen molar-refractivity contribution in [1.82, 2.24) is 20.0 Å². The Morgan fingerprint density at radius 3 is 2.26 bits per heavy atom. The fourth-order valence-corrected chi connectivity index (χ4v) is 3.86. The van der Waals surface area contributed by atoms with Crippen LogP contribution in [0.5, 0.6) is 11.5 Å². The van der Waals surface area contributed by atoms with Crippen molar-refractivity contribution in [3.05, 3.63) is 95.7 Å². The Kier molecular flexibility index (Phi) is 7.48. The third kappa shape index (κ3) is 5.70. The number of para-hydroxylation sites is 1. The number of benzene rings is 3. The molecule has 1 N–H and O–H groups in total. The van der Waals surface area contributed by atoms with Crippen LogP contribution in [-0.4, -0.2) is 48.9 Å². The summed E-state index contributed by atoms with van der Waals surface area (Å²) in [5.41, 5.74) is 4.92. The highest BCUT2D eigenvalue weighted by atomic mass is 16.5.